The van der Waals surface area contributed by atoms with Gasteiger partial charge in [0.25, 0.3) is 0 Å². The molecule has 1 saturated heterocycles. The van der Waals surface area contributed by atoms with Crippen molar-refractivity contribution in [2.24, 2.45) is 5.92 Å². The summed E-state index contributed by atoms with van der Waals surface area (Å²) >= 11 is 0. The summed E-state index contributed by atoms with van der Waals surface area (Å²) in [6.45, 7) is 3.05. The van der Waals surface area contributed by atoms with Gasteiger partial charge in [0.1, 0.15) is 11.5 Å². The number of benzene rings is 1. The molecule has 0 spiro atoms. The Balaban J connectivity index is 1.75. The molecule has 1 aliphatic rings. The third-order valence-corrected chi connectivity index (χ3v) is 5.75. The van der Waals surface area contributed by atoms with Crippen LogP contribution in [0.15, 0.2) is 42.6 Å². The zero-order chi connectivity index (χ0) is 22.1. The third kappa shape index (κ3) is 6.42. The molecule has 0 radical (unpaired) electrons. The molecule has 7 nitrogen and oxygen atoms in total. The quantitative estimate of drug-likeness (QED) is 0.628. The molecule has 0 aliphatic carbocycles. The average molecular weight is 428 g/mol. The molecular weight excluding hydrogens is 394 g/mol. The van der Waals surface area contributed by atoms with Crippen molar-refractivity contribution in [3.8, 4) is 11.5 Å². The molecular formula is C24H33N3O4. The van der Waals surface area contributed by atoms with Crippen LogP contribution in [-0.4, -0.2) is 56.8 Å². The van der Waals surface area contributed by atoms with Crippen molar-refractivity contribution in [3.05, 3.63) is 53.9 Å². The number of nitrogens with one attached hydrogen (secondary N) is 1. The number of likely N-dealkylation sites (tertiary alicyclic amines) is 1. The lowest BCUT2D eigenvalue weighted by molar-refractivity contribution is -0.123. The van der Waals surface area contributed by atoms with Gasteiger partial charge < -0.3 is 19.5 Å². The number of nitrogens with zero attached hydrogens (tertiary/aromatic N) is 2. The number of carbonyl (C=O) groups excluding carboxylic acids is 1. The summed E-state index contributed by atoms with van der Waals surface area (Å²) in [5.41, 5.74) is 2.00. The lowest BCUT2D eigenvalue weighted by Crippen LogP contribution is -2.43. The Labute approximate surface area is 184 Å². The molecule has 1 fully saturated rings. The van der Waals surface area contributed by atoms with Crippen LogP contribution in [0.25, 0.3) is 0 Å². The number of ether oxygens (including phenoxy) is 3. The van der Waals surface area contributed by atoms with Gasteiger partial charge in [-0.25, -0.2) is 0 Å². The van der Waals surface area contributed by atoms with Gasteiger partial charge >= 0.3 is 0 Å². The smallest absolute Gasteiger partial charge is 0.222 e. The lowest BCUT2D eigenvalue weighted by atomic mass is 9.88. The van der Waals surface area contributed by atoms with Crippen molar-refractivity contribution in [3.63, 3.8) is 0 Å². The van der Waals surface area contributed by atoms with Crippen LogP contribution in [0.5, 0.6) is 11.5 Å². The predicted octanol–water partition coefficient (Wildman–Crippen LogP) is 3.20. The molecule has 3 rings (SSSR count). The van der Waals surface area contributed by atoms with Gasteiger partial charge in [0, 0.05) is 38.4 Å². The molecule has 2 heterocycles. The largest absolute Gasteiger partial charge is 0.497 e. The van der Waals surface area contributed by atoms with Gasteiger partial charge in [-0.2, -0.15) is 0 Å². The molecule has 0 bridgehead atoms. The van der Waals surface area contributed by atoms with Crippen LogP contribution in [0.4, 0.5) is 0 Å². The number of methoxy groups -OCH3 is 3. The van der Waals surface area contributed by atoms with Crippen molar-refractivity contribution >= 4 is 5.91 Å². The standard InChI is InChI=1S/C24H33N3O4/c1-29-14-11-23(28)26-24(21-8-4-5-12-25-21)18-7-6-13-27(16-18)17-19-15-20(30-2)9-10-22(19)31-3/h4-5,8-10,12,15,18,24H,6-7,11,13-14,16-17H2,1-3H3,(H,26,28)/t18-,24+/m0/s1. The maximum absolute atomic E-state index is 12.5. The van der Waals surface area contributed by atoms with Crippen LogP contribution in [0.1, 0.15) is 36.6 Å². The molecule has 31 heavy (non-hydrogen) atoms. The highest BCUT2D eigenvalue weighted by Gasteiger charge is 2.30. The molecule has 0 unspecified atom stereocenters. The van der Waals surface area contributed by atoms with Crippen LogP contribution in [-0.2, 0) is 16.1 Å². The van der Waals surface area contributed by atoms with E-state index in [1.165, 1.54) is 0 Å². The van der Waals surface area contributed by atoms with Crippen molar-refractivity contribution in [2.75, 3.05) is 41.0 Å². The first-order valence-electron chi connectivity index (χ1n) is 10.8. The van der Waals surface area contributed by atoms with Crippen LogP contribution < -0.4 is 14.8 Å². The minimum absolute atomic E-state index is 0.0101. The third-order valence-electron chi connectivity index (χ3n) is 5.75. The monoisotopic (exact) mass is 427 g/mol. The fraction of sp³-hybridized carbons (Fsp3) is 0.500. The van der Waals surface area contributed by atoms with Gasteiger partial charge in [-0.1, -0.05) is 6.07 Å². The fourth-order valence-corrected chi connectivity index (χ4v) is 4.19. The fourth-order valence-electron chi connectivity index (χ4n) is 4.19. The van der Waals surface area contributed by atoms with E-state index in [2.05, 4.69) is 15.2 Å². The summed E-state index contributed by atoms with van der Waals surface area (Å²) in [5, 5.41) is 3.21. The van der Waals surface area contributed by atoms with Crippen molar-refractivity contribution in [1.82, 2.24) is 15.2 Å². The summed E-state index contributed by atoms with van der Waals surface area (Å²) in [6, 6.07) is 11.6. The number of carbonyl (C=O) groups is 1. The minimum Gasteiger partial charge on any atom is -0.497 e. The minimum atomic E-state index is -0.124. The molecule has 1 aliphatic heterocycles. The number of pyridine rings is 1. The molecule has 2 atom stereocenters. The topological polar surface area (TPSA) is 72.9 Å². The van der Waals surface area contributed by atoms with Crippen LogP contribution in [0, 0.1) is 5.92 Å². The van der Waals surface area contributed by atoms with E-state index >= 15 is 0 Å². The van der Waals surface area contributed by atoms with E-state index in [9.17, 15) is 4.79 Å². The molecule has 7 heteroatoms. The maximum Gasteiger partial charge on any atom is 0.222 e. The zero-order valence-electron chi connectivity index (χ0n) is 18.7. The van der Waals surface area contributed by atoms with Crippen molar-refractivity contribution in [2.45, 2.75) is 31.8 Å². The second-order valence-electron chi connectivity index (χ2n) is 7.86. The highest BCUT2D eigenvalue weighted by atomic mass is 16.5. The normalized spacial score (nSPS) is 17.7. The van der Waals surface area contributed by atoms with E-state index in [1.54, 1.807) is 27.5 Å². The highest BCUT2D eigenvalue weighted by molar-refractivity contribution is 5.76. The zero-order valence-corrected chi connectivity index (χ0v) is 18.7. The number of piperidine rings is 1. The van der Waals surface area contributed by atoms with E-state index in [0.29, 0.717) is 13.0 Å². The highest BCUT2D eigenvalue weighted by Crippen LogP contribution is 2.32. The van der Waals surface area contributed by atoms with Crippen molar-refractivity contribution < 1.29 is 19.0 Å². The molecule has 1 aromatic carbocycles. The van der Waals surface area contributed by atoms with Crippen LogP contribution in [0.2, 0.25) is 0 Å². The van der Waals surface area contributed by atoms with Gasteiger partial charge in [-0.15, -0.1) is 0 Å². The van der Waals surface area contributed by atoms with Gasteiger partial charge in [0.05, 0.1) is 32.6 Å². The Hall–Kier alpha value is -2.64. The first kappa shape index (κ1) is 23.0. The summed E-state index contributed by atoms with van der Waals surface area (Å²) in [7, 11) is 4.97. The molecule has 1 N–H and O–H groups in total. The number of amides is 1. The number of hydrogen-bond donors (Lipinski definition) is 1. The van der Waals surface area contributed by atoms with Crippen LogP contribution in [0.3, 0.4) is 0 Å². The molecule has 2 aromatic rings. The number of hydrogen-bond acceptors (Lipinski definition) is 6. The molecule has 0 saturated carbocycles. The van der Waals surface area contributed by atoms with Gasteiger partial charge in [0.2, 0.25) is 5.91 Å². The van der Waals surface area contributed by atoms with Gasteiger partial charge in [-0.05, 0) is 55.6 Å². The van der Waals surface area contributed by atoms with E-state index in [0.717, 1.165) is 55.2 Å². The molecule has 1 aromatic heterocycles. The van der Waals surface area contributed by atoms with E-state index in [1.807, 2.05) is 36.4 Å². The molecule has 1 amide bonds. The summed E-state index contributed by atoms with van der Waals surface area (Å²) < 4.78 is 16.0. The predicted molar refractivity (Wildman–Crippen MR) is 119 cm³/mol. The van der Waals surface area contributed by atoms with E-state index < -0.39 is 0 Å². The number of aromatic nitrogens is 1. The average Bonchev–Trinajstić information content (AvgIpc) is 2.81. The van der Waals surface area contributed by atoms with Gasteiger partial charge in [0.15, 0.2) is 0 Å². The first-order valence-corrected chi connectivity index (χ1v) is 10.8. The Morgan fingerprint density at radius 2 is 2.10 bits per heavy atom. The molecule has 168 valence electrons. The summed E-state index contributed by atoms with van der Waals surface area (Å²) in [4.78, 5) is 19.5. The Kier molecular flexibility index (Phi) is 8.67. The van der Waals surface area contributed by atoms with E-state index in [-0.39, 0.29) is 17.9 Å². The van der Waals surface area contributed by atoms with E-state index in [4.69, 9.17) is 14.2 Å². The summed E-state index contributed by atoms with van der Waals surface area (Å²) in [5.74, 6) is 1.94. The van der Waals surface area contributed by atoms with Crippen molar-refractivity contribution in [1.29, 1.82) is 0 Å². The van der Waals surface area contributed by atoms with Crippen LogP contribution >= 0.6 is 0 Å². The Bertz CT molecular complexity index is 831. The second-order valence-corrected chi connectivity index (χ2v) is 7.86. The Morgan fingerprint density at radius 3 is 2.81 bits per heavy atom. The maximum atomic E-state index is 12.5. The SMILES string of the molecule is COCCC(=O)N[C@@H](c1ccccn1)[C@H]1CCCN(Cc2cc(OC)ccc2OC)C1. The number of rotatable bonds is 10. The summed E-state index contributed by atoms with van der Waals surface area (Å²) in [6.07, 6.45) is 4.23. The van der Waals surface area contributed by atoms with Gasteiger partial charge in [-0.3, -0.25) is 14.7 Å². The first-order chi connectivity index (χ1) is 15.1. The lowest BCUT2D eigenvalue weighted by Gasteiger charge is -2.37. The second kappa shape index (κ2) is 11.7. The Morgan fingerprint density at radius 1 is 1.23 bits per heavy atom.